The summed E-state index contributed by atoms with van der Waals surface area (Å²) < 4.78 is 0. The molecule has 0 saturated carbocycles. The fraction of sp³-hybridized carbons (Fsp3) is 0.0667. The van der Waals surface area contributed by atoms with Gasteiger partial charge in [-0.1, -0.05) is 18.2 Å². The lowest BCUT2D eigenvalue weighted by Gasteiger charge is -2.02. The lowest BCUT2D eigenvalue weighted by atomic mass is 10.2. The Morgan fingerprint density at radius 2 is 1.78 bits per heavy atom. The molecular weight excluding hydrogens is 318 g/mol. The second-order valence-electron chi connectivity index (χ2n) is 4.84. The Bertz CT molecular complexity index is 874. The summed E-state index contributed by atoms with van der Waals surface area (Å²) in [5.41, 5.74) is 0.927. The normalized spacial score (nSPS) is 10.8. The first-order chi connectivity index (χ1) is 11.0. The van der Waals surface area contributed by atoms with Gasteiger partial charge in [-0.2, -0.15) is 0 Å². The van der Waals surface area contributed by atoms with Crippen LogP contribution in [0.3, 0.4) is 0 Å². The van der Waals surface area contributed by atoms with Crippen molar-refractivity contribution in [1.82, 2.24) is 4.98 Å². The maximum atomic E-state index is 11.1. The molecular formula is C15H11N3O4S. The van der Waals surface area contributed by atoms with Crippen molar-refractivity contribution in [1.29, 1.82) is 0 Å². The first-order valence-corrected chi connectivity index (χ1v) is 7.65. The van der Waals surface area contributed by atoms with Crippen LogP contribution in [-0.2, 0) is 5.75 Å². The number of nitro groups is 2. The van der Waals surface area contributed by atoms with Crippen molar-refractivity contribution in [3.05, 3.63) is 74.3 Å². The number of hydrogen-bond donors (Lipinski definition) is 1. The molecule has 1 heterocycles. The lowest BCUT2D eigenvalue weighted by molar-refractivity contribution is -0.394. The molecule has 3 rings (SSSR count). The van der Waals surface area contributed by atoms with E-state index in [0.717, 1.165) is 22.0 Å². The van der Waals surface area contributed by atoms with E-state index in [1.807, 2.05) is 30.3 Å². The first-order valence-electron chi connectivity index (χ1n) is 6.67. The van der Waals surface area contributed by atoms with Gasteiger partial charge in [0.1, 0.15) is 0 Å². The average Bonchev–Trinajstić information content (AvgIpc) is 2.95. The standard InChI is InChI=1S/C15H11N3O4S/c19-17(20)12-6-5-11(14(8-12)18(21)22)9-23-15-7-10-3-1-2-4-13(10)16-15/h1-8,16H,9H2. The molecule has 0 radical (unpaired) electrons. The van der Waals surface area contributed by atoms with Crippen LogP contribution in [0, 0.1) is 20.2 Å². The van der Waals surface area contributed by atoms with Gasteiger partial charge in [-0.25, -0.2) is 0 Å². The molecule has 23 heavy (non-hydrogen) atoms. The minimum absolute atomic E-state index is 0.234. The van der Waals surface area contributed by atoms with Crippen LogP contribution in [0.25, 0.3) is 10.9 Å². The molecule has 0 aliphatic rings. The molecule has 116 valence electrons. The molecule has 0 aliphatic heterocycles. The van der Waals surface area contributed by atoms with Crippen molar-refractivity contribution >= 4 is 34.0 Å². The van der Waals surface area contributed by atoms with Crippen molar-refractivity contribution < 1.29 is 9.85 Å². The molecule has 0 aliphatic carbocycles. The summed E-state index contributed by atoms with van der Waals surface area (Å²) in [4.78, 5) is 23.9. The second-order valence-corrected chi connectivity index (χ2v) is 5.85. The van der Waals surface area contributed by atoms with Crippen LogP contribution >= 0.6 is 11.8 Å². The minimum atomic E-state index is -0.637. The third-order valence-electron chi connectivity index (χ3n) is 3.36. The van der Waals surface area contributed by atoms with E-state index in [1.165, 1.54) is 23.9 Å². The van der Waals surface area contributed by atoms with Crippen molar-refractivity contribution in [2.75, 3.05) is 0 Å². The van der Waals surface area contributed by atoms with Gasteiger partial charge in [0.2, 0.25) is 0 Å². The van der Waals surface area contributed by atoms with Gasteiger partial charge in [0, 0.05) is 28.3 Å². The van der Waals surface area contributed by atoms with E-state index in [1.54, 1.807) is 0 Å². The van der Waals surface area contributed by atoms with Crippen molar-refractivity contribution in [2.24, 2.45) is 0 Å². The highest BCUT2D eigenvalue weighted by molar-refractivity contribution is 7.98. The SMILES string of the molecule is O=[N+]([O-])c1ccc(CSc2cc3ccccc3[nH]2)c([N+](=O)[O-])c1. The lowest BCUT2D eigenvalue weighted by Crippen LogP contribution is -1.97. The molecule has 0 atom stereocenters. The van der Waals surface area contributed by atoms with Crippen LogP contribution in [0.4, 0.5) is 11.4 Å². The van der Waals surface area contributed by atoms with E-state index in [4.69, 9.17) is 0 Å². The van der Waals surface area contributed by atoms with Gasteiger partial charge in [0.15, 0.2) is 0 Å². The number of fused-ring (bicyclic) bond motifs is 1. The molecule has 2 aromatic carbocycles. The van der Waals surface area contributed by atoms with E-state index >= 15 is 0 Å². The maximum Gasteiger partial charge on any atom is 0.280 e. The highest BCUT2D eigenvalue weighted by atomic mass is 32.2. The Hall–Kier alpha value is -2.87. The van der Waals surface area contributed by atoms with Crippen molar-refractivity contribution in [2.45, 2.75) is 10.8 Å². The Kier molecular flexibility index (Phi) is 3.98. The number of benzene rings is 2. The first kappa shape index (κ1) is 15.0. The smallest absolute Gasteiger partial charge is 0.280 e. The predicted molar refractivity (Wildman–Crippen MR) is 87.6 cm³/mol. The van der Waals surface area contributed by atoms with E-state index < -0.39 is 9.85 Å². The number of non-ortho nitro benzene ring substituents is 1. The maximum absolute atomic E-state index is 11.1. The third-order valence-corrected chi connectivity index (χ3v) is 4.35. The number of H-pyrrole nitrogens is 1. The average molecular weight is 329 g/mol. The minimum Gasteiger partial charge on any atom is -0.350 e. The van der Waals surface area contributed by atoms with Gasteiger partial charge in [0.25, 0.3) is 11.4 Å². The molecule has 0 amide bonds. The van der Waals surface area contributed by atoms with Crippen LogP contribution < -0.4 is 0 Å². The summed E-state index contributed by atoms with van der Waals surface area (Å²) in [7, 11) is 0. The molecule has 7 nitrogen and oxygen atoms in total. The number of nitro benzene ring substituents is 2. The Morgan fingerprint density at radius 1 is 1.00 bits per heavy atom. The van der Waals surface area contributed by atoms with Gasteiger partial charge in [-0.05, 0) is 18.2 Å². The summed E-state index contributed by atoms with van der Waals surface area (Å²) in [6.07, 6.45) is 0. The summed E-state index contributed by atoms with van der Waals surface area (Å²) in [5.74, 6) is 0.348. The third kappa shape index (κ3) is 3.16. The number of para-hydroxylation sites is 1. The topological polar surface area (TPSA) is 102 Å². The fourth-order valence-corrected chi connectivity index (χ4v) is 3.19. The Labute approximate surface area is 134 Å². The molecule has 8 heteroatoms. The van der Waals surface area contributed by atoms with Gasteiger partial charge >= 0.3 is 0 Å². The molecule has 1 N–H and O–H groups in total. The summed E-state index contributed by atoms with van der Waals surface area (Å²) in [5, 5.41) is 23.8. The van der Waals surface area contributed by atoms with Crippen molar-refractivity contribution in [3.8, 4) is 0 Å². The predicted octanol–water partition coefficient (Wildman–Crippen LogP) is 4.28. The Balaban J connectivity index is 1.84. The summed E-state index contributed by atoms with van der Waals surface area (Å²) >= 11 is 1.42. The van der Waals surface area contributed by atoms with E-state index in [2.05, 4.69) is 4.98 Å². The number of rotatable bonds is 5. The van der Waals surface area contributed by atoms with E-state index in [9.17, 15) is 20.2 Å². The zero-order valence-electron chi connectivity index (χ0n) is 11.8. The monoisotopic (exact) mass is 329 g/mol. The number of nitrogens with one attached hydrogen (secondary N) is 1. The van der Waals surface area contributed by atoms with Crippen molar-refractivity contribution in [3.63, 3.8) is 0 Å². The number of hydrogen-bond acceptors (Lipinski definition) is 5. The second kappa shape index (κ2) is 6.09. The molecule has 0 unspecified atom stereocenters. The van der Waals surface area contributed by atoms with Gasteiger partial charge in [-0.3, -0.25) is 20.2 Å². The molecule has 0 spiro atoms. The number of nitrogens with zero attached hydrogens (tertiary/aromatic N) is 2. The summed E-state index contributed by atoms with van der Waals surface area (Å²) in [6.45, 7) is 0. The fourth-order valence-electron chi connectivity index (χ4n) is 2.24. The summed E-state index contributed by atoms with van der Waals surface area (Å²) in [6, 6.07) is 13.5. The highest BCUT2D eigenvalue weighted by Crippen LogP contribution is 2.31. The van der Waals surface area contributed by atoms with Gasteiger partial charge in [-0.15, -0.1) is 11.8 Å². The quantitative estimate of drug-likeness (QED) is 0.427. The highest BCUT2D eigenvalue weighted by Gasteiger charge is 2.19. The zero-order chi connectivity index (χ0) is 16.4. The van der Waals surface area contributed by atoms with E-state index in [0.29, 0.717) is 11.3 Å². The molecule has 1 aromatic heterocycles. The molecule has 0 bridgehead atoms. The van der Waals surface area contributed by atoms with Crippen LogP contribution in [-0.4, -0.2) is 14.8 Å². The number of aromatic amines is 1. The number of thioether (sulfide) groups is 1. The largest absolute Gasteiger partial charge is 0.350 e. The van der Waals surface area contributed by atoms with Crippen LogP contribution in [0.2, 0.25) is 0 Å². The Morgan fingerprint density at radius 3 is 2.48 bits per heavy atom. The molecule has 0 saturated heterocycles. The van der Waals surface area contributed by atoms with E-state index in [-0.39, 0.29) is 11.4 Å². The molecule has 0 fully saturated rings. The van der Waals surface area contributed by atoms with Gasteiger partial charge in [0.05, 0.1) is 20.9 Å². The van der Waals surface area contributed by atoms with Crippen LogP contribution in [0.1, 0.15) is 5.56 Å². The van der Waals surface area contributed by atoms with Gasteiger partial charge < -0.3 is 4.98 Å². The van der Waals surface area contributed by atoms with Crippen LogP contribution in [0.15, 0.2) is 53.6 Å². The molecule has 3 aromatic rings. The zero-order valence-corrected chi connectivity index (χ0v) is 12.6. The number of aromatic nitrogens is 1. The van der Waals surface area contributed by atoms with Crippen LogP contribution in [0.5, 0.6) is 0 Å².